The summed E-state index contributed by atoms with van der Waals surface area (Å²) in [6.45, 7) is 10.6. The maximum absolute atomic E-state index is 11.6. The zero-order chi connectivity index (χ0) is 12.3. The number of rotatable bonds is 3. The third kappa shape index (κ3) is 3.59. The number of thiazole rings is 1. The van der Waals surface area contributed by atoms with Gasteiger partial charge in [0.1, 0.15) is 0 Å². The van der Waals surface area contributed by atoms with Crippen molar-refractivity contribution >= 4 is 17.3 Å². The highest BCUT2D eigenvalue weighted by molar-refractivity contribution is 7.11. The zero-order valence-electron chi connectivity index (χ0n) is 10.6. The van der Waals surface area contributed by atoms with Crippen LogP contribution in [0.3, 0.4) is 0 Å². The van der Waals surface area contributed by atoms with E-state index in [4.69, 9.17) is 4.74 Å². The first-order valence-electron chi connectivity index (χ1n) is 5.47. The molecule has 4 heteroatoms. The average molecular weight is 241 g/mol. The number of nitrogens with zero attached hydrogens (tertiary/aromatic N) is 1. The van der Waals surface area contributed by atoms with Crippen molar-refractivity contribution in [2.75, 3.05) is 6.61 Å². The predicted molar refractivity (Wildman–Crippen MR) is 66.0 cm³/mol. The molecule has 0 bridgehead atoms. The standard InChI is InChI=1S/C12H19NO2S/c1-6-15-11(14)10-8(2)16-9(13-10)7-12(3,4)5/h6-7H2,1-5H3. The molecule has 0 spiro atoms. The highest BCUT2D eigenvalue weighted by Crippen LogP contribution is 2.26. The van der Waals surface area contributed by atoms with Crippen LogP contribution in [0.4, 0.5) is 0 Å². The lowest BCUT2D eigenvalue weighted by Crippen LogP contribution is -2.10. The normalized spacial score (nSPS) is 11.6. The monoisotopic (exact) mass is 241 g/mol. The van der Waals surface area contributed by atoms with Crippen molar-refractivity contribution in [3.63, 3.8) is 0 Å². The first kappa shape index (κ1) is 13.2. The minimum atomic E-state index is -0.309. The molecule has 0 saturated heterocycles. The molecule has 0 N–H and O–H groups in total. The van der Waals surface area contributed by atoms with Gasteiger partial charge in [-0.1, -0.05) is 20.8 Å². The van der Waals surface area contributed by atoms with E-state index >= 15 is 0 Å². The lowest BCUT2D eigenvalue weighted by atomic mass is 9.93. The van der Waals surface area contributed by atoms with Crippen molar-refractivity contribution in [3.05, 3.63) is 15.6 Å². The summed E-state index contributed by atoms with van der Waals surface area (Å²) in [4.78, 5) is 16.9. The van der Waals surface area contributed by atoms with Gasteiger partial charge in [-0.2, -0.15) is 0 Å². The van der Waals surface area contributed by atoms with E-state index in [0.29, 0.717) is 12.3 Å². The smallest absolute Gasteiger partial charge is 0.358 e. The molecular formula is C12H19NO2S. The first-order chi connectivity index (χ1) is 7.33. The van der Waals surface area contributed by atoms with Gasteiger partial charge < -0.3 is 4.74 Å². The summed E-state index contributed by atoms with van der Waals surface area (Å²) in [5, 5.41) is 1.01. The highest BCUT2D eigenvalue weighted by atomic mass is 32.1. The second-order valence-corrected chi connectivity index (χ2v) is 6.26. The summed E-state index contributed by atoms with van der Waals surface area (Å²) in [6.07, 6.45) is 0.887. The Balaban J connectivity index is 2.86. The van der Waals surface area contributed by atoms with Crippen molar-refractivity contribution in [3.8, 4) is 0 Å². The maximum atomic E-state index is 11.6. The minimum absolute atomic E-state index is 0.191. The summed E-state index contributed by atoms with van der Waals surface area (Å²) >= 11 is 1.58. The van der Waals surface area contributed by atoms with Crippen LogP contribution in [-0.2, 0) is 11.2 Å². The molecule has 1 aromatic rings. The SMILES string of the molecule is CCOC(=O)c1nc(CC(C)(C)C)sc1C. The van der Waals surface area contributed by atoms with Crippen molar-refractivity contribution in [1.29, 1.82) is 0 Å². The zero-order valence-corrected chi connectivity index (χ0v) is 11.4. The Morgan fingerprint density at radius 1 is 1.44 bits per heavy atom. The fraction of sp³-hybridized carbons (Fsp3) is 0.667. The fourth-order valence-electron chi connectivity index (χ4n) is 1.37. The van der Waals surface area contributed by atoms with Gasteiger partial charge in [0.15, 0.2) is 5.69 Å². The molecule has 90 valence electrons. The molecule has 1 aromatic heterocycles. The molecule has 0 fully saturated rings. The Kier molecular flexibility index (Phi) is 4.08. The van der Waals surface area contributed by atoms with Gasteiger partial charge in [-0.15, -0.1) is 11.3 Å². The van der Waals surface area contributed by atoms with Crippen LogP contribution in [0.1, 0.15) is 48.1 Å². The van der Waals surface area contributed by atoms with E-state index in [1.54, 1.807) is 18.3 Å². The van der Waals surface area contributed by atoms with Gasteiger partial charge in [-0.05, 0) is 19.3 Å². The Morgan fingerprint density at radius 2 is 2.06 bits per heavy atom. The Bertz CT molecular complexity index is 377. The summed E-state index contributed by atoms with van der Waals surface area (Å²) < 4.78 is 4.96. The number of aryl methyl sites for hydroxylation is 1. The fourth-order valence-corrected chi connectivity index (χ4v) is 2.59. The number of hydrogen-bond donors (Lipinski definition) is 0. The van der Waals surface area contributed by atoms with Crippen LogP contribution in [0.25, 0.3) is 0 Å². The van der Waals surface area contributed by atoms with Crippen LogP contribution in [0, 0.1) is 12.3 Å². The number of carbonyl (C=O) groups is 1. The number of aromatic nitrogens is 1. The van der Waals surface area contributed by atoms with E-state index in [1.165, 1.54) is 0 Å². The third-order valence-electron chi connectivity index (χ3n) is 1.99. The van der Waals surface area contributed by atoms with Gasteiger partial charge in [0, 0.05) is 11.3 Å². The van der Waals surface area contributed by atoms with E-state index < -0.39 is 0 Å². The Labute approximate surface area is 101 Å². The highest BCUT2D eigenvalue weighted by Gasteiger charge is 2.19. The van der Waals surface area contributed by atoms with Crippen LogP contribution in [0.15, 0.2) is 0 Å². The Hall–Kier alpha value is -0.900. The summed E-state index contributed by atoms with van der Waals surface area (Å²) in [6, 6.07) is 0. The van der Waals surface area contributed by atoms with Crippen LogP contribution in [-0.4, -0.2) is 17.6 Å². The van der Waals surface area contributed by atoms with Gasteiger partial charge in [-0.3, -0.25) is 0 Å². The molecule has 0 radical (unpaired) electrons. The number of ether oxygens (including phenoxy) is 1. The molecule has 0 aromatic carbocycles. The van der Waals surface area contributed by atoms with Crippen LogP contribution < -0.4 is 0 Å². The third-order valence-corrected chi connectivity index (χ3v) is 2.96. The molecular weight excluding hydrogens is 222 g/mol. The molecule has 1 heterocycles. The van der Waals surface area contributed by atoms with E-state index in [-0.39, 0.29) is 11.4 Å². The number of carbonyl (C=O) groups excluding carboxylic acids is 1. The molecule has 16 heavy (non-hydrogen) atoms. The van der Waals surface area contributed by atoms with E-state index in [9.17, 15) is 4.79 Å². The minimum Gasteiger partial charge on any atom is -0.461 e. The lowest BCUT2D eigenvalue weighted by Gasteiger charge is -2.15. The van der Waals surface area contributed by atoms with E-state index in [2.05, 4.69) is 25.8 Å². The molecule has 0 aliphatic rings. The van der Waals surface area contributed by atoms with Crippen molar-refractivity contribution in [1.82, 2.24) is 4.98 Å². The molecule has 0 unspecified atom stereocenters. The van der Waals surface area contributed by atoms with E-state index in [0.717, 1.165) is 16.3 Å². The second-order valence-electron chi connectivity index (χ2n) is 4.97. The lowest BCUT2D eigenvalue weighted by molar-refractivity contribution is 0.0519. The summed E-state index contributed by atoms with van der Waals surface area (Å²) in [5.74, 6) is -0.309. The molecule has 0 aliphatic carbocycles. The van der Waals surface area contributed by atoms with Gasteiger partial charge >= 0.3 is 5.97 Å². The molecule has 0 saturated carbocycles. The first-order valence-corrected chi connectivity index (χ1v) is 6.28. The van der Waals surface area contributed by atoms with Crippen LogP contribution >= 0.6 is 11.3 Å². The molecule has 0 atom stereocenters. The number of hydrogen-bond acceptors (Lipinski definition) is 4. The molecule has 0 amide bonds. The number of esters is 1. The van der Waals surface area contributed by atoms with Crippen molar-refractivity contribution in [2.45, 2.75) is 41.0 Å². The topological polar surface area (TPSA) is 39.2 Å². The summed E-state index contributed by atoms with van der Waals surface area (Å²) in [5.41, 5.74) is 0.669. The largest absolute Gasteiger partial charge is 0.461 e. The van der Waals surface area contributed by atoms with Crippen molar-refractivity contribution in [2.24, 2.45) is 5.41 Å². The van der Waals surface area contributed by atoms with E-state index in [1.807, 2.05) is 6.92 Å². The molecule has 0 aliphatic heterocycles. The molecule has 1 rings (SSSR count). The maximum Gasteiger partial charge on any atom is 0.358 e. The second kappa shape index (κ2) is 4.95. The van der Waals surface area contributed by atoms with Gasteiger partial charge in [0.05, 0.1) is 11.6 Å². The van der Waals surface area contributed by atoms with Crippen LogP contribution in [0.5, 0.6) is 0 Å². The quantitative estimate of drug-likeness (QED) is 0.763. The van der Waals surface area contributed by atoms with Gasteiger partial charge in [-0.25, -0.2) is 9.78 Å². The van der Waals surface area contributed by atoms with Crippen LogP contribution in [0.2, 0.25) is 0 Å². The van der Waals surface area contributed by atoms with Gasteiger partial charge in [0.25, 0.3) is 0 Å². The molecule has 3 nitrogen and oxygen atoms in total. The average Bonchev–Trinajstić information content (AvgIpc) is 2.44. The summed E-state index contributed by atoms with van der Waals surface area (Å²) in [7, 11) is 0. The van der Waals surface area contributed by atoms with Crippen molar-refractivity contribution < 1.29 is 9.53 Å². The predicted octanol–water partition coefficient (Wildman–Crippen LogP) is 3.22. The Morgan fingerprint density at radius 3 is 2.56 bits per heavy atom. The van der Waals surface area contributed by atoms with Gasteiger partial charge in [0.2, 0.25) is 0 Å².